The van der Waals surface area contributed by atoms with Crippen molar-refractivity contribution in [3.05, 3.63) is 54.9 Å². The van der Waals surface area contributed by atoms with Crippen LogP contribution in [-0.4, -0.2) is 50.1 Å². The van der Waals surface area contributed by atoms with E-state index in [1.165, 1.54) is 12.1 Å². The van der Waals surface area contributed by atoms with Gasteiger partial charge in [0.1, 0.15) is 11.2 Å². The Hall–Kier alpha value is -3.56. The first-order valence-corrected chi connectivity index (χ1v) is 9.19. The average Bonchev–Trinajstić information content (AvgIpc) is 3.21. The van der Waals surface area contributed by atoms with Crippen LogP contribution < -0.4 is 5.32 Å². The quantitative estimate of drug-likeness (QED) is 0.660. The van der Waals surface area contributed by atoms with E-state index in [1.54, 1.807) is 23.2 Å². The van der Waals surface area contributed by atoms with Crippen molar-refractivity contribution in [2.45, 2.75) is 18.6 Å². The van der Waals surface area contributed by atoms with E-state index >= 15 is 0 Å². The van der Waals surface area contributed by atoms with Crippen molar-refractivity contribution in [1.82, 2.24) is 25.1 Å². The molecule has 3 aromatic heterocycles. The maximum absolute atomic E-state index is 12.8. The normalized spacial score (nSPS) is 16.6. The highest BCUT2D eigenvalue weighted by Gasteiger charge is 2.31. The van der Waals surface area contributed by atoms with Crippen molar-refractivity contribution in [1.29, 1.82) is 0 Å². The van der Waals surface area contributed by atoms with Gasteiger partial charge in [-0.3, -0.25) is 14.8 Å². The predicted molar refractivity (Wildman–Crippen MR) is 104 cm³/mol. The van der Waals surface area contributed by atoms with Gasteiger partial charge in [-0.05, 0) is 36.8 Å². The molecule has 1 aliphatic rings. The fraction of sp³-hybridized carbons (Fsp3) is 0.250. The van der Waals surface area contributed by atoms with Crippen LogP contribution in [-0.2, 0) is 11.0 Å². The summed E-state index contributed by atoms with van der Waals surface area (Å²) in [4.78, 5) is 21.7. The van der Waals surface area contributed by atoms with Crippen molar-refractivity contribution >= 4 is 22.6 Å². The molecule has 0 unspecified atom stereocenters. The van der Waals surface area contributed by atoms with E-state index in [0.29, 0.717) is 35.5 Å². The lowest BCUT2D eigenvalue weighted by Crippen LogP contribution is -2.30. The zero-order valence-corrected chi connectivity index (χ0v) is 15.7. The molecule has 1 amide bonds. The molecule has 0 radical (unpaired) electrons. The lowest BCUT2D eigenvalue weighted by molar-refractivity contribution is -0.137. The Morgan fingerprint density at radius 3 is 2.77 bits per heavy atom. The van der Waals surface area contributed by atoms with Gasteiger partial charge in [0.25, 0.3) is 0 Å². The summed E-state index contributed by atoms with van der Waals surface area (Å²) < 4.78 is 38.4. The van der Waals surface area contributed by atoms with E-state index in [0.717, 1.165) is 18.7 Å². The summed E-state index contributed by atoms with van der Waals surface area (Å²) in [7, 11) is 0. The number of rotatable bonds is 4. The molecule has 3 aromatic rings. The summed E-state index contributed by atoms with van der Waals surface area (Å²) in [6.07, 6.45) is -0.0734. The largest absolute Gasteiger partial charge is 0.417 e. The fourth-order valence-electron chi connectivity index (χ4n) is 3.38. The zero-order valence-electron chi connectivity index (χ0n) is 15.7. The second kappa shape index (κ2) is 7.69. The van der Waals surface area contributed by atoms with Crippen molar-refractivity contribution < 1.29 is 18.0 Å². The molecule has 4 heterocycles. The van der Waals surface area contributed by atoms with Crippen LogP contribution in [0.5, 0.6) is 0 Å². The van der Waals surface area contributed by atoms with E-state index < -0.39 is 11.7 Å². The van der Waals surface area contributed by atoms with Crippen LogP contribution in [0.4, 0.5) is 19.0 Å². The third kappa shape index (κ3) is 3.80. The lowest BCUT2D eigenvalue weighted by Gasteiger charge is -2.16. The second-order valence-corrected chi connectivity index (χ2v) is 6.84. The highest BCUT2D eigenvalue weighted by molar-refractivity contribution is 5.96. The molecular weight excluding hydrogens is 397 g/mol. The van der Waals surface area contributed by atoms with E-state index in [2.05, 4.69) is 32.1 Å². The van der Waals surface area contributed by atoms with Crippen LogP contribution in [0, 0.1) is 0 Å². The molecule has 0 aliphatic carbocycles. The molecule has 1 fully saturated rings. The topological polar surface area (TPSA) is 83.9 Å². The molecule has 0 saturated carbocycles. The summed E-state index contributed by atoms with van der Waals surface area (Å²) in [5.41, 5.74) is 0.299. The number of aromatic nitrogens is 4. The molecule has 1 saturated heterocycles. The van der Waals surface area contributed by atoms with E-state index in [9.17, 15) is 18.0 Å². The van der Waals surface area contributed by atoms with Gasteiger partial charge in [0.2, 0.25) is 5.91 Å². The SMILES string of the molecule is C=CC(=O)N1CC[C@H](Nc2nnc(-c3ccc(C(F)(F)F)cn3)c3cccnc23)C1. The first-order chi connectivity index (χ1) is 14.4. The zero-order chi connectivity index (χ0) is 21.3. The minimum atomic E-state index is -4.46. The summed E-state index contributed by atoms with van der Waals surface area (Å²) in [6, 6.07) is 5.67. The number of nitrogens with one attached hydrogen (secondary N) is 1. The van der Waals surface area contributed by atoms with Gasteiger partial charge in [0, 0.05) is 36.9 Å². The maximum atomic E-state index is 12.8. The van der Waals surface area contributed by atoms with Gasteiger partial charge in [-0.2, -0.15) is 13.2 Å². The summed E-state index contributed by atoms with van der Waals surface area (Å²) in [6.45, 7) is 4.61. The number of pyridine rings is 2. The van der Waals surface area contributed by atoms with Crippen LogP contribution in [0.15, 0.2) is 49.3 Å². The number of carbonyl (C=O) groups is 1. The number of carbonyl (C=O) groups excluding carboxylic acids is 1. The predicted octanol–water partition coefficient (Wildman–Crippen LogP) is 3.30. The summed E-state index contributed by atoms with van der Waals surface area (Å²) in [5, 5.41) is 12.3. The fourth-order valence-corrected chi connectivity index (χ4v) is 3.38. The summed E-state index contributed by atoms with van der Waals surface area (Å²) >= 11 is 0. The Balaban J connectivity index is 1.64. The van der Waals surface area contributed by atoms with Gasteiger partial charge in [-0.15, -0.1) is 10.2 Å². The molecule has 10 heteroatoms. The Morgan fingerprint density at radius 2 is 2.07 bits per heavy atom. The molecule has 0 aromatic carbocycles. The maximum Gasteiger partial charge on any atom is 0.417 e. The number of amides is 1. The monoisotopic (exact) mass is 414 g/mol. The highest BCUT2D eigenvalue weighted by Crippen LogP contribution is 2.32. The van der Waals surface area contributed by atoms with Crippen LogP contribution >= 0.6 is 0 Å². The third-order valence-electron chi connectivity index (χ3n) is 4.89. The molecule has 30 heavy (non-hydrogen) atoms. The minimum Gasteiger partial charge on any atom is -0.362 e. The van der Waals surface area contributed by atoms with E-state index in [1.807, 2.05) is 0 Å². The van der Waals surface area contributed by atoms with Crippen molar-refractivity contribution in [2.75, 3.05) is 18.4 Å². The number of fused-ring (bicyclic) bond motifs is 1. The summed E-state index contributed by atoms with van der Waals surface area (Å²) in [5.74, 6) is 0.316. The van der Waals surface area contributed by atoms with Crippen LogP contribution in [0.2, 0.25) is 0 Å². The van der Waals surface area contributed by atoms with E-state index in [-0.39, 0.29) is 17.6 Å². The molecular formula is C20H17F3N6O. The number of likely N-dealkylation sites (tertiary alicyclic amines) is 1. The number of halogens is 3. The van der Waals surface area contributed by atoms with Gasteiger partial charge in [-0.1, -0.05) is 6.58 Å². The molecule has 4 rings (SSSR count). The first kappa shape index (κ1) is 19.7. The number of alkyl halides is 3. The standard InChI is InChI=1S/C20H17F3N6O/c1-2-16(30)29-9-7-13(11-29)26-19-18-14(4-3-8-24-18)17(27-28-19)15-6-5-12(10-25-15)20(21,22)23/h2-6,8,10,13H,1,7,9,11H2,(H,26,28)/t13-/m0/s1. The minimum absolute atomic E-state index is 0.0246. The molecule has 7 nitrogen and oxygen atoms in total. The number of hydrogen-bond donors (Lipinski definition) is 1. The van der Waals surface area contributed by atoms with Crippen LogP contribution in [0.3, 0.4) is 0 Å². The Bertz CT molecular complexity index is 1100. The van der Waals surface area contributed by atoms with Gasteiger partial charge < -0.3 is 10.2 Å². The van der Waals surface area contributed by atoms with Crippen molar-refractivity contribution in [3.8, 4) is 11.4 Å². The van der Waals surface area contributed by atoms with Gasteiger partial charge >= 0.3 is 6.18 Å². The van der Waals surface area contributed by atoms with Crippen molar-refractivity contribution in [3.63, 3.8) is 0 Å². The highest BCUT2D eigenvalue weighted by atomic mass is 19.4. The smallest absolute Gasteiger partial charge is 0.362 e. The van der Waals surface area contributed by atoms with E-state index in [4.69, 9.17) is 0 Å². The Morgan fingerprint density at radius 1 is 1.23 bits per heavy atom. The molecule has 154 valence electrons. The number of anilines is 1. The number of nitrogens with zero attached hydrogens (tertiary/aromatic N) is 5. The molecule has 0 bridgehead atoms. The molecule has 1 N–H and O–H groups in total. The Kier molecular flexibility index (Phi) is 5.06. The van der Waals surface area contributed by atoms with Crippen LogP contribution in [0.25, 0.3) is 22.3 Å². The first-order valence-electron chi connectivity index (χ1n) is 9.19. The van der Waals surface area contributed by atoms with Gasteiger partial charge in [0.15, 0.2) is 5.82 Å². The number of hydrogen-bond acceptors (Lipinski definition) is 6. The molecule has 1 atom stereocenters. The molecule has 0 spiro atoms. The van der Waals surface area contributed by atoms with Crippen LogP contribution in [0.1, 0.15) is 12.0 Å². The average molecular weight is 414 g/mol. The lowest BCUT2D eigenvalue weighted by atomic mass is 10.1. The van der Waals surface area contributed by atoms with Gasteiger partial charge in [0.05, 0.1) is 11.3 Å². The third-order valence-corrected chi connectivity index (χ3v) is 4.89. The van der Waals surface area contributed by atoms with Gasteiger partial charge in [-0.25, -0.2) is 0 Å². The second-order valence-electron chi connectivity index (χ2n) is 6.84. The Labute approximate surface area is 169 Å². The van der Waals surface area contributed by atoms with Crippen molar-refractivity contribution in [2.24, 2.45) is 0 Å². The molecule has 1 aliphatic heterocycles.